The third-order valence-electron chi connectivity index (χ3n) is 4.66. The van der Waals surface area contributed by atoms with Crippen LogP contribution in [0.5, 0.6) is 0 Å². The van der Waals surface area contributed by atoms with Crippen LogP contribution in [0.15, 0.2) is 12.1 Å². The summed E-state index contributed by atoms with van der Waals surface area (Å²) in [6, 6.07) is 3.16. The second-order valence-corrected chi connectivity index (χ2v) is 6.99. The average Bonchev–Trinajstić information content (AvgIpc) is 2.42. The third kappa shape index (κ3) is 4.28. The molecule has 1 amide bonds. The average molecular weight is 320 g/mol. The molecule has 1 fully saturated rings. The summed E-state index contributed by atoms with van der Waals surface area (Å²) in [6.45, 7) is 10.4. The fraction of sp³-hybridized carbons (Fsp3) is 0.588. The van der Waals surface area contributed by atoms with Gasteiger partial charge in [0.15, 0.2) is 6.54 Å². The van der Waals surface area contributed by atoms with Gasteiger partial charge in [0.1, 0.15) is 5.69 Å². The van der Waals surface area contributed by atoms with Crippen LogP contribution >= 0.6 is 0 Å². The maximum absolute atomic E-state index is 12.4. The normalized spacial score (nSPS) is 24.3. The molecule has 6 heteroatoms. The smallest absolute Gasteiger partial charge is 0.293 e. The van der Waals surface area contributed by atoms with E-state index in [4.69, 9.17) is 0 Å². The summed E-state index contributed by atoms with van der Waals surface area (Å²) in [7, 11) is 0. The van der Waals surface area contributed by atoms with Gasteiger partial charge in [-0.1, -0.05) is 19.9 Å². The van der Waals surface area contributed by atoms with E-state index in [0.717, 1.165) is 24.2 Å². The van der Waals surface area contributed by atoms with Crippen molar-refractivity contribution in [2.24, 2.45) is 11.8 Å². The fourth-order valence-electron chi connectivity index (χ4n) is 3.59. The van der Waals surface area contributed by atoms with E-state index >= 15 is 0 Å². The van der Waals surface area contributed by atoms with Crippen LogP contribution in [0, 0.1) is 35.8 Å². The Labute approximate surface area is 137 Å². The van der Waals surface area contributed by atoms with E-state index in [9.17, 15) is 14.9 Å². The number of nitro groups is 1. The zero-order valence-electron chi connectivity index (χ0n) is 14.3. The zero-order chi connectivity index (χ0) is 17.1. The highest BCUT2D eigenvalue weighted by molar-refractivity contribution is 5.95. The van der Waals surface area contributed by atoms with E-state index in [0.29, 0.717) is 24.1 Å². The van der Waals surface area contributed by atoms with Gasteiger partial charge in [-0.15, -0.1) is 0 Å². The first-order valence-electron chi connectivity index (χ1n) is 8.16. The minimum atomic E-state index is -0.444. The van der Waals surface area contributed by atoms with Gasteiger partial charge in [0.05, 0.1) is 18.0 Å². The number of carbonyl (C=O) groups excluding carboxylic acids is 1. The van der Waals surface area contributed by atoms with Crippen LogP contribution in [0.3, 0.4) is 0 Å². The summed E-state index contributed by atoms with van der Waals surface area (Å²) in [5.41, 5.74) is 1.97. The van der Waals surface area contributed by atoms with Gasteiger partial charge in [0, 0.05) is 17.9 Å². The Kier molecular flexibility index (Phi) is 5.36. The lowest BCUT2D eigenvalue weighted by Gasteiger charge is -2.31. The fourth-order valence-corrected chi connectivity index (χ4v) is 3.59. The Hall–Kier alpha value is -1.95. The Balaban J connectivity index is 2.11. The highest BCUT2D eigenvalue weighted by Crippen LogP contribution is 2.30. The molecule has 0 aromatic heterocycles. The van der Waals surface area contributed by atoms with Gasteiger partial charge in [-0.2, -0.15) is 0 Å². The van der Waals surface area contributed by atoms with Gasteiger partial charge in [-0.25, -0.2) is 0 Å². The van der Waals surface area contributed by atoms with E-state index in [-0.39, 0.29) is 11.6 Å². The largest absolute Gasteiger partial charge is 0.327 e. The number of nitro benzene ring substituents is 1. The van der Waals surface area contributed by atoms with E-state index in [2.05, 4.69) is 19.2 Å². The molecule has 0 radical (unpaired) electrons. The molecular formula is C17H26N3O3+. The molecule has 1 aliphatic heterocycles. The summed E-state index contributed by atoms with van der Waals surface area (Å²) < 4.78 is 0. The van der Waals surface area contributed by atoms with Gasteiger partial charge < -0.3 is 10.2 Å². The molecular weight excluding hydrogens is 294 g/mol. The van der Waals surface area contributed by atoms with Crippen molar-refractivity contribution in [3.05, 3.63) is 33.4 Å². The molecule has 0 aliphatic carbocycles. The van der Waals surface area contributed by atoms with Crippen molar-refractivity contribution in [2.45, 2.75) is 34.1 Å². The lowest BCUT2D eigenvalue weighted by atomic mass is 9.92. The van der Waals surface area contributed by atoms with Crippen LogP contribution in [0.2, 0.25) is 0 Å². The monoisotopic (exact) mass is 320 g/mol. The van der Waals surface area contributed by atoms with Crippen LogP contribution in [-0.2, 0) is 4.79 Å². The van der Waals surface area contributed by atoms with E-state index in [1.165, 1.54) is 17.4 Å². The number of anilines is 1. The van der Waals surface area contributed by atoms with Gasteiger partial charge in [0.25, 0.3) is 11.6 Å². The molecule has 6 nitrogen and oxygen atoms in total. The zero-order valence-corrected chi connectivity index (χ0v) is 14.3. The van der Waals surface area contributed by atoms with Crippen LogP contribution in [0.4, 0.5) is 11.4 Å². The highest BCUT2D eigenvalue weighted by atomic mass is 16.6. The van der Waals surface area contributed by atoms with E-state index < -0.39 is 4.92 Å². The highest BCUT2D eigenvalue weighted by Gasteiger charge is 2.27. The molecule has 126 valence electrons. The van der Waals surface area contributed by atoms with Crippen molar-refractivity contribution in [1.29, 1.82) is 0 Å². The van der Waals surface area contributed by atoms with Crippen molar-refractivity contribution in [2.75, 3.05) is 25.0 Å². The minimum Gasteiger partial charge on any atom is -0.327 e. The summed E-state index contributed by atoms with van der Waals surface area (Å²) in [6.07, 6.45) is 1.20. The maximum Gasteiger partial charge on any atom is 0.293 e. The van der Waals surface area contributed by atoms with Crippen molar-refractivity contribution in [3.63, 3.8) is 0 Å². The van der Waals surface area contributed by atoms with Crippen molar-refractivity contribution < 1.29 is 14.6 Å². The van der Waals surface area contributed by atoms with Crippen molar-refractivity contribution >= 4 is 17.3 Å². The number of nitrogens with zero attached hydrogens (tertiary/aromatic N) is 1. The first kappa shape index (κ1) is 17.4. The second kappa shape index (κ2) is 7.08. The standard InChI is InChI=1S/C17H25N3O3/c1-11-7-12(2)9-19(8-11)10-16(21)18-17-14(4)13(3)5-6-15(17)20(22)23/h5-6,11-12H,7-10H2,1-4H3,(H,18,21)/p+1/t11-,12+. The summed E-state index contributed by atoms with van der Waals surface area (Å²) in [5.74, 6) is 1.06. The first-order valence-corrected chi connectivity index (χ1v) is 8.16. The van der Waals surface area contributed by atoms with Crippen LogP contribution in [-0.4, -0.2) is 30.5 Å². The van der Waals surface area contributed by atoms with Crippen molar-refractivity contribution in [3.8, 4) is 0 Å². The number of amides is 1. The molecule has 0 saturated carbocycles. The Bertz CT molecular complexity index is 605. The number of likely N-dealkylation sites (tertiary alicyclic amines) is 1. The molecule has 1 aromatic rings. The molecule has 1 aromatic carbocycles. The number of quaternary nitrogens is 1. The number of carbonyl (C=O) groups is 1. The predicted octanol–water partition coefficient (Wildman–Crippen LogP) is 1.71. The van der Waals surface area contributed by atoms with Gasteiger partial charge in [-0.05, 0) is 31.4 Å². The quantitative estimate of drug-likeness (QED) is 0.655. The molecule has 1 aliphatic rings. The number of hydrogen-bond acceptors (Lipinski definition) is 3. The Morgan fingerprint density at radius 2 is 1.91 bits per heavy atom. The number of benzene rings is 1. The van der Waals surface area contributed by atoms with Crippen LogP contribution < -0.4 is 10.2 Å². The second-order valence-electron chi connectivity index (χ2n) is 6.99. The number of piperidine rings is 1. The molecule has 23 heavy (non-hydrogen) atoms. The van der Waals surface area contributed by atoms with Crippen LogP contribution in [0.1, 0.15) is 31.4 Å². The molecule has 0 spiro atoms. The topological polar surface area (TPSA) is 76.7 Å². The Morgan fingerprint density at radius 3 is 2.48 bits per heavy atom. The number of rotatable bonds is 4. The summed E-state index contributed by atoms with van der Waals surface area (Å²) >= 11 is 0. The molecule has 1 unspecified atom stereocenters. The summed E-state index contributed by atoms with van der Waals surface area (Å²) in [4.78, 5) is 24.4. The molecule has 3 atom stereocenters. The molecule has 2 N–H and O–H groups in total. The third-order valence-corrected chi connectivity index (χ3v) is 4.66. The molecule has 2 rings (SSSR count). The Morgan fingerprint density at radius 1 is 1.30 bits per heavy atom. The lowest BCUT2D eigenvalue weighted by molar-refractivity contribution is -0.904. The number of hydrogen-bond donors (Lipinski definition) is 2. The van der Waals surface area contributed by atoms with Crippen LogP contribution in [0.25, 0.3) is 0 Å². The predicted molar refractivity (Wildman–Crippen MR) is 89.7 cm³/mol. The van der Waals surface area contributed by atoms with E-state index in [1.807, 2.05) is 6.92 Å². The number of aryl methyl sites for hydroxylation is 1. The maximum atomic E-state index is 12.4. The van der Waals surface area contributed by atoms with E-state index in [1.54, 1.807) is 13.0 Å². The molecule has 1 heterocycles. The lowest BCUT2D eigenvalue weighted by Crippen LogP contribution is -3.15. The SMILES string of the molecule is Cc1ccc([N+](=O)[O-])c(NC(=O)C[NH+]2C[C@H](C)C[C@H](C)C2)c1C. The van der Waals surface area contributed by atoms with Crippen molar-refractivity contribution in [1.82, 2.24) is 0 Å². The number of nitrogens with one attached hydrogen (secondary N) is 2. The molecule has 0 bridgehead atoms. The first-order chi connectivity index (χ1) is 10.8. The van der Waals surface area contributed by atoms with Gasteiger partial charge >= 0.3 is 0 Å². The van der Waals surface area contributed by atoms with Gasteiger partial charge in [-0.3, -0.25) is 14.9 Å². The summed E-state index contributed by atoms with van der Waals surface area (Å²) in [5, 5.41) is 14.0. The minimum absolute atomic E-state index is 0.0446. The van der Waals surface area contributed by atoms with Gasteiger partial charge in [0.2, 0.25) is 0 Å². The molecule has 1 saturated heterocycles.